The maximum absolute atomic E-state index is 12.9. The van der Waals surface area contributed by atoms with Crippen molar-refractivity contribution < 1.29 is 19.1 Å². The summed E-state index contributed by atoms with van der Waals surface area (Å²) in [5, 5.41) is 6.08. The molecule has 2 N–H and O–H groups in total. The van der Waals surface area contributed by atoms with E-state index in [0.717, 1.165) is 25.9 Å². The molecule has 8 heteroatoms. The Morgan fingerprint density at radius 3 is 2.45 bits per heavy atom. The number of ketones is 1. The van der Waals surface area contributed by atoms with Crippen LogP contribution in [-0.4, -0.2) is 54.8 Å². The van der Waals surface area contributed by atoms with Gasteiger partial charge in [0.25, 0.3) is 5.91 Å². The number of anilines is 1. The van der Waals surface area contributed by atoms with Crippen LogP contribution >= 0.6 is 12.4 Å². The van der Waals surface area contributed by atoms with Gasteiger partial charge in [-0.25, -0.2) is 0 Å². The number of Topliss-reactive ketones (excluding diaryl/α,β-unsaturated/α-hetero) is 1. The number of carbonyl (C=O) groups excluding carboxylic acids is 3. The van der Waals surface area contributed by atoms with E-state index in [1.54, 1.807) is 25.1 Å². The lowest BCUT2D eigenvalue weighted by molar-refractivity contribution is -0.137. The molecular formula is C21H28ClN3O4. The molecule has 7 nitrogen and oxygen atoms in total. The van der Waals surface area contributed by atoms with Crippen molar-refractivity contribution in [2.45, 2.75) is 38.7 Å². The lowest BCUT2D eigenvalue weighted by atomic mass is 9.87. The number of amides is 2. The van der Waals surface area contributed by atoms with Crippen molar-refractivity contribution in [3.05, 3.63) is 23.8 Å². The number of rotatable bonds is 3. The quantitative estimate of drug-likeness (QED) is 0.731. The van der Waals surface area contributed by atoms with Crippen LogP contribution in [-0.2, 0) is 9.59 Å². The average molecular weight is 422 g/mol. The minimum absolute atomic E-state index is 0. The first kappa shape index (κ1) is 21.6. The fraction of sp³-hybridized carbons (Fsp3) is 0.571. The topological polar surface area (TPSA) is 87.7 Å². The van der Waals surface area contributed by atoms with E-state index in [0.29, 0.717) is 42.9 Å². The molecule has 1 aromatic rings. The number of fused-ring (bicyclic) bond motifs is 1. The van der Waals surface area contributed by atoms with Crippen molar-refractivity contribution in [1.29, 1.82) is 0 Å². The van der Waals surface area contributed by atoms with Crippen LogP contribution in [0.1, 0.15) is 43.0 Å². The van der Waals surface area contributed by atoms with Crippen LogP contribution in [0.5, 0.6) is 5.75 Å². The summed E-state index contributed by atoms with van der Waals surface area (Å²) in [7, 11) is 0. The Hall–Kier alpha value is -2.12. The van der Waals surface area contributed by atoms with E-state index in [1.807, 2.05) is 4.90 Å². The molecule has 1 unspecified atom stereocenters. The molecular weight excluding hydrogens is 394 g/mol. The van der Waals surface area contributed by atoms with Gasteiger partial charge in [0.1, 0.15) is 5.75 Å². The van der Waals surface area contributed by atoms with Gasteiger partial charge >= 0.3 is 0 Å². The van der Waals surface area contributed by atoms with Gasteiger partial charge in [0.15, 0.2) is 11.9 Å². The highest BCUT2D eigenvalue weighted by Gasteiger charge is 2.32. The molecule has 2 amide bonds. The summed E-state index contributed by atoms with van der Waals surface area (Å²) in [6.45, 7) is 4.78. The van der Waals surface area contributed by atoms with Gasteiger partial charge in [0.05, 0.1) is 5.69 Å². The predicted molar refractivity (Wildman–Crippen MR) is 112 cm³/mol. The minimum atomic E-state index is -0.532. The highest BCUT2D eigenvalue weighted by Crippen LogP contribution is 2.32. The van der Waals surface area contributed by atoms with Gasteiger partial charge in [-0.1, -0.05) is 0 Å². The van der Waals surface area contributed by atoms with Crippen LogP contribution in [0.3, 0.4) is 0 Å². The summed E-state index contributed by atoms with van der Waals surface area (Å²) < 4.78 is 5.55. The van der Waals surface area contributed by atoms with Crippen LogP contribution in [0, 0.1) is 11.8 Å². The first-order valence-corrected chi connectivity index (χ1v) is 10.2. The second kappa shape index (κ2) is 9.13. The summed E-state index contributed by atoms with van der Waals surface area (Å²) in [5.41, 5.74) is 1.13. The molecule has 3 aliphatic heterocycles. The van der Waals surface area contributed by atoms with Gasteiger partial charge in [-0.15, -0.1) is 12.4 Å². The zero-order chi connectivity index (χ0) is 19.7. The molecule has 3 heterocycles. The number of hydrogen-bond acceptors (Lipinski definition) is 5. The van der Waals surface area contributed by atoms with Crippen LogP contribution < -0.4 is 15.4 Å². The van der Waals surface area contributed by atoms with E-state index in [1.165, 1.54) is 0 Å². The summed E-state index contributed by atoms with van der Waals surface area (Å²) in [4.78, 5) is 39.4. The Balaban J connectivity index is 0.00000240. The summed E-state index contributed by atoms with van der Waals surface area (Å²) >= 11 is 0. The van der Waals surface area contributed by atoms with E-state index in [4.69, 9.17) is 4.74 Å². The fourth-order valence-electron chi connectivity index (χ4n) is 4.29. The standard InChI is InChI=1S/C21H27N3O4.ClH/c1-13-20(26)23-17-12-16(2-3-18(17)28-13)19(25)14-6-10-24(11-7-14)21(27)15-4-8-22-9-5-15;/h2-3,12-15,22H,4-11H2,1H3,(H,23,26);1H. The number of nitrogens with one attached hydrogen (secondary N) is 2. The molecule has 2 saturated heterocycles. The van der Waals surface area contributed by atoms with E-state index < -0.39 is 6.10 Å². The van der Waals surface area contributed by atoms with Crippen molar-refractivity contribution in [2.75, 3.05) is 31.5 Å². The third-order valence-corrected chi connectivity index (χ3v) is 6.06. The van der Waals surface area contributed by atoms with Crippen molar-refractivity contribution in [1.82, 2.24) is 10.2 Å². The van der Waals surface area contributed by atoms with Crippen LogP contribution in [0.2, 0.25) is 0 Å². The number of benzene rings is 1. The van der Waals surface area contributed by atoms with Crippen molar-refractivity contribution >= 4 is 35.7 Å². The largest absolute Gasteiger partial charge is 0.479 e. The predicted octanol–water partition coefficient (Wildman–Crippen LogP) is 2.25. The molecule has 1 atom stereocenters. The second-order valence-electron chi connectivity index (χ2n) is 7.95. The highest BCUT2D eigenvalue weighted by molar-refractivity contribution is 6.02. The molecule has 4 rings (SSSR count). The highest BCUT2D eigenvalue weighted by atomic mass is 35.5. The van der Waals surface area contributed by atoms with Gasteiger partial charge in [-0.2, -0.15) is 0 Å². The van der Waals surface area contributed by atoms with Crippen LogP contribution in [0.25, 0.3) is 0 Å². The molecule has 0 aromatic heterocycles. The Bertz CT molecular complexity index is 786. The van der Waals surface area contributed by atoms with Crippen molar-refractivity contribution in [3.63, 3.8) is 0 Å². The van der Waals surface area contributed by atoms with Crippen LogP contribution in [0.4, 0.5) is 5.69 Å². The number of halogens is 1. The second-order valence-corrected chi connectivity index (χ2v) is 7.95. The number of carbonyl (C=O) groups is 3. The van der Waals surface area contributed by atoms with Gasteiger partial charge in [0, 0.05) is 30.5 Å². The normalized spacial score (nSPS) is 22.7. The summed E-state index contributed by atoms with van der Waals surface area (Å²) in [6.07, 6.45) is 2.65. The molecule has 3 aliphatic rings. The zero-order valence-electron chi connectivity index (χ0n) is 16.6. The number of hydrogen-bond donors (Lipinski definition) is 2. The molecule has 1 aromatic carbocycles. The first-order chi connectivity index (χ1) is 13.5. The van der Waals surface area contributed by atoms with Gasteiger partial charge in [-0.3, -0.25) is 14.4 Å². The van der Waals surface area contributed by atoms with E-state index >= 15 is 0 Å². The SMILES string of the molecule is CC1Oc2ccc(C(=O)C3CCN(C(=O)C4CCNCC4)CC3)cc2NC1=O.Cl. The zero-order valence-corrected chi connectivity index (χ0v) is 17.4. The minimum Gasteiger partial charge on any atom is -0.479 e. The number of piperidine rings is 2. The fourth-order valence-corrected chi connectivity index (χ4v) is 4.29. The maximum Gasteiger partial charge on any atom is 0.265 e. The summed E-state index contributed by atoms with van der Waals surface area (Å²) in [5.74, 6) is 0.738. The number of likely N-dealkylation sites (tertiary alicyclic amines) is 1. The van der Waals surface area contributed by atoms with Gasteiger partial charge < -0.3 is 20.3 Å². The molecule has 158 valence electrons. The third kappa shape index (κ3) is 4.56. The molecule has 29 heavy (non-hydrogen) atoms. The van der Waals surface area contributed by atoms with E-state index in [-0.39, 0.29) is 41.8 Å². The van der Waals surface area contributed by atoms with Gasteiger partial charge in [-0.05, 0) is 63.9 Å². The average Bonchev–Trinajstić information content (AvgIpc) is 2.74. The first-order valence-electron chi connectivity index (χ1n) is 10.2. The number of nitrogens with zero attached hydrogens (tertiary/aromatic N) is 1. The third-order valence-electron chi connectivity index (χ3n) is 6.06. The molecule has 0 radical (unpaired) electrons. The van der Waals surface area contributed by atoms with E-state index in [9.17, 15) is 14.4 Å². The monoisotopic (exact) mass is 421 g/mol. The Morgan fingerprint density at radius 2 is 1.76 bits per heavy atom. The lowest BCUT2D eigenvalue weighted by Gasteiger charge is -2.35. The Kier molecular flexibility index (Phi) is 6.80. The molecule has 0 aliphatic carbocycles. The number of ether oxygens (including phenoxy) is 1. The lowest BCUT2D eigenvalue weighted by Crippen LogP contribution is -2.45. The smallest absolute Gasteiger partial charge is 0.265 e. The Labute approximate surface area is 176 Å². The van der Waals surface area contributed by atoms with Crippen LogP contribution in [0.15, 0.2) is 18.2 Å². The Morgan fingerprint density at radius 1 is 1.07 bits per heavy atom. The molecule has 0 saturated carbocycles. The molecule has 0 bridgehead atoms. The molecule has 2 fully saturated rings. The van der Waals surface area contributed by atoms with Crippen molar-refractivity contribution in [2.24, 2.45) is 11.8 Å². The maximum atomic E-state index is 12.9. The summed E-state index contributed by atoms with van der Waals surface area (Å²) in [6, 6.07) is 5.21. The van der Waals surface area contributed by atoms with E-state index in [2.05, 4.69) is 10.6 Å². The van der Waals surface area contributed by atoms with Crippen molar-refractivity contribution in [3.8, 4) is 5.75 Å². The van der Waals surface area contributed by atoms with Gasteiger partial charge in [0.2, 0.25) is 5.91 Å². The molecule has 0 spiro atoms.